The molecule has 0 bridgehead atoms. The molecule has 0 aliphatic heterocycles. The van der Waals surface area contributed by atoms with Gasteiger partial charge in [0.25, 0.3) is 0 Å². The van der Waals surface area contributed by atoms with Gasteiger partial charge in [0.1, 0.15) is 6.29 Å². The third-order valence-electron chi connectivity index (χ3n) is 0.671. The van der Waals surface area contributed by atoms with E-state index in [-0.39, 0.29) is 12.4 Å². The standard InChI is InChI=1S/C5H4F4O/c6-4(2-1-3-10)5(7,8)9/h1-4H/b2-1+. The van der Waals surface area contributed by atoms with Crippen LogP contribution < -0.4 is 0 Å². The van der Waals surface area contributed by atoms with Crippen LogP contribution in [0.5, 0.6) is 0 Å². The molecule has 0 rings (SSSR count). The zero-order chi connectivity index (χ0) is 8.20. The van der Waals surface area contributed by atoms with Gasteiger partial charge in [-0.15, -0.1) is 0 Å². The Bertz CT molecular complexity index is 137. The maximum atomic E-state index is 11.7. The van der Waals surface area contributed by atoms with Crippen LogP contribution in [0.3, 0.4) is 0 Å². The van der Waals surface area contributed by atoms with Gasteiger partial charge in [-0.25, -0.2) is 4.39 Å². The Kier molecular flexibility index (Phi) is 3.05. The fraction of sp³-hybridized carbons (Fsp3) is 0.400. The highest BCUT2D eigenvalue weighted by atomic mass is 19.4. The van der Waals surface area contributed by atoms with Crippen molar-refractivity contribution in [1.82, 2.24) is 0 Å². The fourth-order valence-electron chi connectivity index (χ4n) is 0.252. The first kappa shape index (κ1) is 9.13. The van der Waals surface area contributed by atoms with Crippen LogP contribution in [0.15, 0.2) is 12.2 Å². The smallest absolute Gasteiger partial charge is 0.299 e. The first-order valence-corrected chi connectivity index (χ1v) is 2.31. The average Bonchev–Trinajstić information content (AvgIpc) is 1.80. The topological polar surface area (TPSA) is 17.1 Å². The lowest BCUT2D eigenvalue weighted by Gasteiger charge is -2.05. The summed E-state index contributed by atoms with van der Waals surface area (Å²) in [6.45, 7) is 0. The Morgan fingerprint density at radius 1 is 1.30 bits per heavy atom. The zero-order valence-electron chi connectivity index (χ0n) is 4.73. The number of hydrogen-bond acceptors (Lipinski definition) is 1. The quantitative estimate of drug-likeness (QED) is 0.337. The van der Waals surface area contributed by atoms with Gasteiger partial charge in [0, 0.05) is 0 Å². The Morgan fingerprint density at radius 2 is 1.80 bits per heavy atom. The molecule has 5 heteroatoms. The summed E-state index contributed by atoms with van der Waals surface area (Å²) in [7, 11) is 0. The van der Waals surface area contributed by atoms with E-state index in [1.165, 1.54) is 0 Å². The monoisotopic (exact) mass is 156 g/mol. The van der Waals surface area contributed by atoms with Crippen molar-refractivity contribution in [3.63, 3.8) is 0 Å². The number of hydrogen-bond donors (Lipinski definition) is 0. The minimum absolute atomic E-state index is 0.0817. The summed E-state index contributed by atoms with van der Waals surface area (Å²) in [4.78, 5) is 9.42. The van der Waals surface area contributed by atoms with E-state index in [1.807, 2.05) is 0 Å². The third-order valence-corrected chi connectivity index (χ3v) is 0.671. The van der Waals surface area contributed by atoms with E-state index in [4.69, 9.17) is 0 Å². The largest absolute Gasteiger partial charge is 0.423 e. The number of alkyl halides is 4. The van der Waals surface area contributed by atoms with E-state index in [9.17, 15) is 22.4 Å². The van der Waals surface area contributed by atoms with Crippen LogP contribution in [0.25, 0.3) is 0 Å². The molecule has 0 aliphatic carbocycles. The van der Waals surface area contributed by atoms with Crippen molar-refractivity contribution < 1.29 is 22.4 Å². The van der Waals surface area contributed by atoms with E-state index in [0.29, 0.717) is 6.08 Å². The Hall–Kier alpha value is -0.870. The summed E-state index contributed by atoms with van der Waals surface area (Å²) in [5.41, 5.74) is 0. The molecule has 0 saturated heterocycles. The van der Waals surface area contributed by atoms with Crippen LogP contribution in [0.4, 0.5) is 17.6 Å². The molecule has 0 aliphatic rings. The summed E-state index contributed by atoms with van der Waals surface area (Å²) in [5, 5.41) is 0. The molecule has 0 heterocycles. The van der Waals surface area contributed by atoms with Crippen LogP contribution >= 0.6 is 0 Å². The molecular formula is C5H4F4O. The first-order chi connectivity index (χ1) is 4.48. The summed E-state index contributed by atoms with van der Waals surface area (Å²) in [5.74, 6) is 0. The maximum absolute atomic E-state index is 11.7. The van der Waals surface area contributed by atoms with Crippen molar-refractivity contribution >= 4 is 6.29 Å². The Labute approximate surface area is 54.3 Å². The van der Waals surface area contributed by atoms with Gasteiger partial charge in [-0.1, -0.05) is 0 Å². The van der Waals surface area contributed by atoms with Gasteiger partial charge in [-0.3, -0.25) is 4.79 Å². The van der Waals surface area contributed by atoms with Gasteiger partial charge < -0.3 is 0 Å². The third kappa shape index (κ3) is 3.21. The summed E-state index contributed by atoms with van der Waals surface area (Å²) in [6.07, 6.45) is -7.25. The highest BCUT2D eigenvalue weighted by Gasteiger charge is 2.37. The van der Waals surface area contributed by atoms with Crippen molar-refractivity contribution in [2.75, 3.05) is 0 Å². The van der Waals surface area contributed by atoms with Crippen molar-refractivity contribution in [2.45, 2.75) is 12.3 Å². The average molecular weight is 156 g/mol. The highest BCUT2D eigenvalue weighted by Crippen LogP contribution is 2.23. The number of carbonyl (C=O) groups excluding carboxylic acids is 1. The SMILES string of the molecule is O=C/C=C/C(F)C(F)(F)F. The van der Waals surface area contributed by atoms with E-state index in [0.717, 1.165) is 0 Å². The maximum Gasteiger partial charge on any atom is 0.423 e. The normalized spacial score (nSPS) is 15.6. The molecule has 10 heavy (non-hydrogen) atoms. The van der Waals surface area contributed by atoms with Crippen LogP contribution in [-0.4, -0.2) is 18.6 Å². The van der Waals surface area contributed by atoms with E-state index >= 15 is 0 Å². The lowest BCUT2D eigenvalue weighted by Crippen LogP contribution is -2.21. The van der Waals surface area contributed by atoms with Crippen molar-refractivity contribution in [3.05, 3.63) is 12.2 Å². The number of carbonyl (C=O) groups is 1. The Morgan fingerprint density at radius 3 is 2.10 bits per heavy atom. The van der Waals surface area contributed by atoms with Crippen molar-refractivity contribution in [1.29, 1.82) is 0 Å². The molecule has 1 unspecified atom stereocenters. The second-order valence-corrected chi connectivity index (χ2v) is 1.46. The van der Waals surface area contributed by atoms with E-state index < -0.39 is 12.3 Å². The second-order valence-electron chi connectivity index (χ2n) is 1.46. The van der Waals surface area contributed by atoms with E-state index in [2.05, 4.69) is 0 Å². The molecule has 1 nitrogen and oxygen atoms in total. The van der Waals surface area contributed by atoms with Crippen LogP contribution in [0.1, 0.15) is 0 Å². The minimum Gasteiger partial charge on any atom is -0.299 e. The fourth-order valence-corrected chi connectivity index (χ4v) is 0.252. The molecule has 0 radical (unpaired) electrons. The summed E-state index contributed by atoms with van der Waals surface area (Å²) >= 11 is 0. The Balaban J connectivity index is 3.96. The number of rotatable bonds is 2. The minimum atomic E-state index is -4.90. The molecule has 0 aromatic carbocycles. The number of allylic oxidation sites excluding steroid dienone is 2. The molecule has 0 spiro atoms. The molecule has 0 amide bonds. The van der Waals surface area contributed by atoms with Crippen molar-refractivity contribution in [2.24, 2.45) is 0 Å². The number of aldehydes is 1. The molecule has 1 atom stereocenters. The predicted octanol–water partition coefficient (Wildman–Crippen LogP) is 1.64. The molecule has 0 aromatic heterocycles. The van der Waals surface area contributed by atoms with Gasteiger partial charge in [0.2, 0.25) is 6.17 Å². The lowest BCUT2D eigenvalue weighted by molar-refractivity contribution is -0.166. The van der Waals surface area contributed by atoms with Gasteiger partial charge in [0.15, 0.2) is 0 Å². The molecule has 0 fully saturated rings. The summed E-state index contributed by atoms with van der Waals surface area (Å²) < 4.78 is 45.4. The number of halogens is 4. The van der Waals surface area contributed by atoms with Crippen LogP contribution in [-0.2, 0) is 4.79 Å². The molecule has 0 N–H and O–H groups in total. The van der Waals surface area contributed by atoms with Gasteiger partial charge >= 0.3 is 6.18 Å². The van der Waals surface area contributed by atoms with Crippen molar-refractivity contribution in [3.8, 4) is 0 Å². The highest BCUT2D eigenvalue weighted by molar-refractivity contribution is 5.64. The first-order valence-electron chi connectivity index (χ1n) is 2.31. The molecule has 0 saturated carbocycles. The van der Waals surface area contributed by atoms with Gasteiger partial charge in [-0.05, 0) is 12.2 Å². The molecular weight excluding hydrogens is 152 g/mol. The van der Waals surface area contributed by atoms with Gasteiger partial charge in [-0.2, -0.15) is 13.2 Å². The lowest BCUT2D eigenvalue weighted by atomic mass is 10.3. The van der Waals surface area contributed by atoms with Crippen LogP contribution in [0, 0.1) is 0 Å². The summed E-state index contributed by atoms with van der Waals surface area (Å²) in [6, 6.07) is 0. The predicted molar refractivity (Wildman–Crippen MR) is 26.2 cm³/mol. The van der Waals surface area contributed by atoms with Gasteiger partial charge in [0.05, 0.1) is 0 Å². The van der Waals surface area contributed by atoms with Crippen LogP contribution in [0.2, 0.25) is 0 Å². The zero-order valence-corrected chi connectivity index (χ0v) is 4.73. The molecule has 58 valence electrons. The van der Waals surface area contributed by atoms with E-state index in [1.54, 1.807) is 0 Å². The molecule has 0 aromatic rings. The second kappa shape index (κ2) is 3.34.